The molecule has 0 saturated heterocycles. The molecular formula is C6H9N. The molecule has 0 unspecified atom stereocenters. The van der Waals surface area contributed by atoms with Gasteiger partial charge in [0.05, 0.1) is 0 Å². The topological polar surface area (TPSA) is 12.0 Å². The lowest BCUT2D eigenvalue weighted by atomic mass is 10.5. The molecule has 0 radical (unpaired) electrons. The first kappa shape index (κ1) is 6.10. The van der Waals surface area contributed by atoms with Gasteiger partial charge in [-0.2, -0.15) is 0 Å². The van der Waals surface area contributed by atoms with Gasteiger partial charge < -0.3 is 5.32 Å². The minimum Gasteiger partial charge on any atom is -0.349 e. The van der Waals surface area contributed by atoms with E-state index in [9.17, 15) is 0 Å². The summed E-state index contributed by atoms with van der Waals surface area (Å²) < 4.78 is 0. The highest BCUT2D eigenvalue weighted by atomic mass is 14.8. The molecule has 0 rings (SSSR count). The molecule has 0 atom stereocenters. The molecule has 0 bridgehead atoms. The minimum absolute atomic E-state index is 1.79. The van der Waals surface area contributed by atoms with Crippen LogP contribution in [0, 0.1) is 12.0 Å². The van der Waals surface area contributed by atoms with Crippen LogP contribution >= 0.6 is 0 Å². The molecule has 0 aliphatic rings. The third-order valence-corrected chi connectivity index (χ3v) is 0.447. The predicted octanol–water partition coefficient (Wildman–Crippen LogP) is 0.743. The van der Waals surface area contributed by atoms with Crippen molar-refractivity contribution in [2.75, 3.05) is 7.05 Å². The lowest BCUT2D eigenvalue weighted by Gasteiger charge is -1.70. The summed E-state index contributed by atoms with van der Waals surface area (Å²) in [6, 6.07) is 2.66. The Labute approximate surface area is 44.4 Å². The molecular weight excluding hydrogens is 86.1 g/mol. The highest BCUT2D eigenvalue weighted by molar-refractivity contribution is 5.12. The molecule has 1 nitrogen and oxygen atoms in total. The molecule has 0 aliphatic heterocycles. The minimum atomic E-state index is 1.79. The molecule has 0 amide bonds. The van der Waals surface area contributed by atoms with Gasteiger partial charge in [-0.25, -0.2) is 0 Å². The maximum Gasteiger partial charge on any atom is 0.0116 e. The van der Waals surface area contributed by atoms with Crippen molar-refractivity contribution in [3.05, 3.63) is 12.2 Å². The molecule has 0 heterocycles. The lowest BCUT2D eigenvalue weighted by Crippen LogP contribution is -1.90. The first-order valence-electron chi connectivity index (χ1n) is 2.20. The van der Waals surface area contributed by atoms with Gasteiger partial charge in [-0.15, -0.1) is 0 Å². The molecule has 1 N–H and O–H groups in total. The van der Waals surface area contributed by atoms with E-state index in [4.69, 9.17) is 0 Å². The molecule has 1 heteroatoms. The van der Waals surface area contributed by atoms with Crippen LogP contribution in [0.15, 0.2) is 12.2 Å². The average molecular weight is 95.1 g/mol. The van der Waals surface area contributed by atoms with Gasteiger partial charge in [0.2, 0.25) is 0 Å². The van der Waals surface area contributed by atoms with Crippen molar-refractivity contribution in [1.29, 1.82) is 0 Å². The number of allylic oxidation sites excluding steroid dienone is 2. The predicted molar refractivity (Wildman–Crippen MR) is 31.6 cm³/mol. The van der Waals surface area contributed by atoms with Crippen LogP contribution in [0.25, 0.3) is 0 Å². The molecule has 0 aromatic heterocycles. The highest BCUT2D eigenvalue weighted by Crippen LogP contribution is 1.60. The van der Waals surface area contributed by atoms with E-state index in [1.54, 1.807) is 13.1 Å². The largest absolute Gasteiger partial charge is 0.349 e. The van der Waals surface area contributed by atoms with Crippen LogP contribution < -0.4 is 5.32 Å². The second-order valence-corrected chi connectivity index (χ2v) is 1.02. The van der Waals surface area contributed by atoms with Gasteiger partial charge in [-0.1, -0.05) is 12.0 Å². The summed E-state index contributed by atoms with van der Waals surface area (Å²) in [5, 5.41) is 2.69. The van der Waals surface area contributed by atoms with Gasteiger partial charge in [0.15, 0.2) is 0 Å². The average Bonchev–Trinajstić information content (AvgIpc) is 1.69. The van der Waals surface area contributed by atoms with Crippen LogP contribution in [-0.4, -0.2) is 7.05 Å². The molecule has 0 aromatic carbocycles. The van der Waals surface area contributed by atoms with Gasteiger partial charge in [-0.05, 0) is 13.0 Å². The van der Waals surface area contributed by atoms with E-state index < -0.39 is 0 Å². The van der Waals surface area contributed by atoms with E-state index in [-0.39, 0.29) is 0 Å². The summed E-state index contributed by atoms with van der Waals surface area (Å²) in [5.41, 5.74) is 0. The van der Waals surface area contributed by atoms with Crippen molar-refractivity contribution in [3.8, 4) is 12.0 Å². The molecule has 7 heavy (non-hydrogen) atoms. The summed E-state index contributed by atoms with van der Waals surface area (Å²) in [7, 11) is 1.79. The first-order valence-corrected chi connectivity index (χ1v) is 2.20. The quantitative estimate of drug-likeness (QED) is 0.345. The van der Waals surface area contributed by atoms with Crippen LogP contribution in [0.1, 0.15) is 6.92 Å². The molecule has 0 spiro atoms. The van der Waals surface area contributed by atoms with Crippen LogP contribution in [-0.2, 0) is 0 Å². The fourth-order valence-corrected chi connectivity index (χ4v) is 0.197. The van der Waals surface area contributed by atoms with Crippen molar-refractivity contribution in [2.45, 2.75) is 6.92 Å². The van der Waals surface area contributed by atoms with E-state index in [0.717, 1.165) is 0 Å². The molecule has 0 aliphatic carbocycles. The standard InChI is InChI=1S/C6H9N/c1-3-4-5-6-7-2/h3-4,7H,1-2H3. The van der Waals surface area contributed by atoms with Gasteiger partial charge in [0.1, 0.15) is 0 Å². The summed E-state index contributed by atoms with van der Waals surface area (Å²) in [4.78, 5) is 0. The Balaban J connectivity index is 3.25. The van der Waals surface area contributed by atoms with Crippen LogP contribution in [0.4, 0.5) is 0 Å². The number of rotatable bonds is 0. The third kappa shape index (κ3) is 5.10. The Morgan fingerprint density at radius 1 is 1.57 bits per heavy atom. The van der Waals surface area contributed by atoms with Crippen molar-refractivity contribution in [1.82, 2.24) is 5.32 Å². The van der Waals surface area contributed by atoms with Crippen LogP contribution in [0.5, 0.6) is 0 Å². The zero-order valence-electron chi connectivity index (χ0n) is 4.65. The van der Waals surface area contributed by atoms with Gasteiger partial charge in [0.25, 0.3) is 0 Å². The number of hydrogen-bond acceptors (Lipinski definition) is 1. The monoisotopic (exact) mass is 95.1 g/mol. The van der Waals surface area contributed by atoms with Gasteiger partial charge in [-0.3, -0.25) is 0 Å². The number of nitrogens with one attached hydrogen (secondary N) is 1. The maximum absolute atomic E-state index is 2.74. The highest BCUT2D eigenvalue weighted by Gasteiger charge is 1.50. The van der Waals surface area contributed by atoms with Gasteiger partial charge >= 0.3 is 0 Å². The smallest absolute Gasteiger partial charge is 0.0116 e. The van der Waals surface area contributed by atoms with E-state index in [1.807, 2.05) is 13.0 Å². The Kier molecular flexibility index (Phi) is 4.44. The maximum atomic E-state index is 2.74. The third-order valence-electron chi connectivity index (χ3n) is 0.447. The zero-order chi connectivity index (χ0) is 5.54. The Morgan fingerprint density at radius 2 is 2.29 bits per heavy atom. The number of hydrogen-bond donors (Lipinski definition) is 1. The SMILES string of the molecule is CC=CC#CNC. The van der Waals surface area contributed by atoms with Crippen molar-refractivity contribution >= 4 is 0 Å². The first-order chi connectivity index (χ1) is 3.41. The fourth-order valence-electron chi connectivity index (χ4n) is 0.197. The zero-order valence-corrected chi connectivity index (χ0v) is 4.65. The fraction of sp³-hybridized carbons (Fsp3) is 0.333. The van der Waals surface area contributed by atoms with Crippen LogP contribution in [0.3, 0.4) is 0 Å². The van der Waals surface area contributed by atoms with Gasteiger partial charge in [0, 0.05) is 13.1 Å². The summed E-state index contributed by atoms with van der Waals surface area (Å²) in [6.45, 7) is 1.93. The second kappa shape index (κ2) is 5.10. The molecule has 0 fully saturated rings. The van der Waals surface area contributed by atoms with E-state index >= 15 is 0 Å². The van der Waals surface area contributed by atoms with Crippen molar-refractivity contribution in [3.63, 3.8) is 0 Å². The molecule has 38 valence electrons. The van der Waals surface area contributed by atoms with E-state index in [0.29, 0.717) is 0 Å². The van der Waals surface area contributed by atoms with E-state index in [1.165, 1.54) is 0 Å². The summed E-state index contributed by atoms with van der Waals surface area (Å²) in [6.07, 6.45) is 3.68. The van der Waals surface area contributed by atoms with Crippen molar-refractivity contribution < 1.29 is 0 Å². The molecule has 0 aromatic rings. The normalized spacial score (nSPS) is 7.71. The Bertz CT molecular complexity index is 103. The lowest BCUT2D eigenvalue weighted by molar-refractivity contribution is 1.16. The Hall–Kier alpha value is -0.900. The summed E-state index contributed by atoms with van der Waals surface area (Å²) in [5.74, 6) is 2.74. The van der Waals surface area contributed by atoms with Crippen molar-refractivity contribution in [2.24, 2.45) is 0 Å². The van der Waals surface area contributed by atoms with E-state index in [2.05, 4.69) is 17.3 Å². The molecule has 0 saturated carbocycles. The summed E-state index contributed by atoms with van der Waals surface area (Å²) >= 11 is 0. The second-order valence-electron chi connectivity index (χ2n) is 1.02. The Morgan fingerprint density at radius 3 is 2.71 bits per heavy atom. The van der Waals surface area contributed by atoms with Crippen LogP contribution in [0.2, 0.25) is 0 Å².